The molecule has 2 saturated heterocycles. The fraction of sp³-hybridized carbons (Fsp3) is 0.400. The van der Waals surface area contributed by atoms with Crippen molar-refractivity contribution in [2.45, 2.75) is 51.6 Å². The maximum Gasteiger partial charge on any atom is 0.288 e. The van der Waals surface area contributed by atoms with E-state index in [0.717, 1.165) is 12.8 Å². The number of nitro groups is 2. The van der Waals surface area contributed by atoms with E-state index in [1.54, 1.807) is 21.9 Å². The molecule has 5 rings (SSSR count). The summed E-state index contributed by atoms with van der Waals surface area (Å²) in [5.74, 6) is -0.409. The quantitative estimate of drug-likeness (QED) is 0.194. The number of hydrogen-bond acceptors (Lipinski definition) is 6. The van der Waals surface area contributed by atoms with Gasteiger partial charge in [-0.2, -0.15) is 0 Å². The summed E-state index contributed by atoms with van der Waals surface area (Å²) >= 11 is 12.1. The standard InChI is InChI=1S/C30H30Cl2F2N4O4/c1-17(2)18-9-11-35(12-10-18)30-24(33)15-21(16-25(30)34)36-26(19-3-5-22(31)28(13-19)37(39)40)7-8-27(36)20-4-6-23(32)29(14-20)38(41)42/h3-6,13-18,26-27H,7-12H2,1-2H3. The van der Waals surface area contributed by atoms with Gasteiger partial charge in [0.05, 0.1) is 21.9 Å². The van der Waals surface area contributed by atoms with Crippen molar-refractivity contribution >= 4 is 46.0 Å². The second-order valence-electron chi connectivity index (χ2n) is 11.3. The van der Waals surface area contributed by atoms with Crippen LogP contribution in [-0.2, 0) is 0 Å². The molecule has 8 nitrogen and oxygen atoms in total. The predicted molar refractivity (Wildman–Crippen MR) is 160 cm³/mol. The van der Waals surface area contributed by atoms with Crippen LogP contribution in [0.1, 0.15) is 62.7 Å². The smallest absolute Gasteiger partial charge is 0.288 e. The molecule has 2 aliphatic rings. The molecule has 2 atom stereocenters. The highest BCUT2D eigenvalue weighted by atomic mass is 35.5. The molecule has 3 aromatic carbocycles. The van der Waals surface area contributed by atoms with Gasteiger partial charge < -0.3 is 9.80 Å². The summed E-state index contributed by atoms with van der Waals surface area (Å²) in [6, 6.07) is 10.4. The van der Waals surface area contributed by atoms with Crippen LogP contribution in [0.2, 0.25) is 10.0 Å². The Morgan fingerprint density at radius 2 is 1.24 bits per heavy atom. The van der Waals surface area contributed by atoms with Crippen LogP contribution in [0.5, 0.6) is 0 Å². The third-order valence-electron chi connectivity index (χ3n) is 8.59. The topological polar surface area (TPSA) is 92.8 Å². The number of benzene rings is 3. The maximum absolute atomic E-state index is 15.8. The zero-order valence-corrected chi connectivity index (χ0v) is 24.6. The molecular weight excluding hydrogens is 589 g/mol. The first-order valence-corrected chi connectivity index (χ1v) is 14.6. The van der Waals surface area contributed by atoms with Crippen LogP contribution in [0.15, 0.2) is 48.5 Å². The highest BCUT2D eigenvalue weighted by molar-refractivity contribution is 6.33. The first-order chi connectivity index (χ1) is 20.0. The largest absolute Gasteiger partial charge is 0.367 e. The molecule has 0 aromatic heterocycles. The van der Waals surface area contributed by atoms with Crippen molar-refractivity contribution in [3.63, 3.8) is 0 Å². The van der Waals surface area contributed by atoms with Crippen LogP contribution < -0.4 is 9.80 Å². The van der Waals surface area contributed by atoms with Gasteiger partial charge in [0.1, 0.15) is 15.7 Å². The van der Waals surface area contributed by atoms with Crippen molar-refractivity contribution in [2.24, 2.45) is 11.8 Å². The highest BCUT2D eigenvalue weighted by Crippen LogP contribution is 2.49. The number of rotatable bonds is 7. The number of piperidine rings is 1. The van der Waals surface area contributed by atoms with Gasteiger partial charge in [-0.25, -0.2) is 8.78 Å². The van der Waals surface area contributed by atoms with E-state index in [-0.39, 0.29) is 32.8 Å². The zero-order chi connectivity index (χ0) is 30.3. The average Bonchev–Trinajstić information content (AvgIpc) is 3.38. The molecule has 2 fully saturated rings. The summed E-state index contributed by atoms with van der Waals surface area (Å²) in [5.41, 5.74) is 0.677. The summed E-state index contributed by atoms with van der Waals surface area (Å²) in [4.78, 5) is 25.6. The molecule has 0 amide bonds. The van der Waals surface area contributed by atoms with E-state index < -0.39 is 33.6 Å². The van der Waals surface area contributed by atoms with Crippen LogP contribution in [-0.4, -0.2) is 22.9 Å². The van der Waals surface area contributed by atoms with E-state index in [0.29, 0.717) is 48.9 Å². The Balaban J connectivity index is 1.57. The maximum atomic E-state index is 15.8. The second-order valence-corrected chi connectivity index (χ2v) is 12.1. The Morgan fingerprint density at radius 1 is 0.786 bits per heavy atom. The molecule has 3 aromatic rings. The summed E-state index contributed by atoms with van der Waals surface area (Å²) in [7, 11) is 0. The van der Waals surface area contributed by atoms with Crippen LogP contribution in [0.25, 0.3) is 0 Å². The van der Waals surface area contributed by atoms with Crippen LogP contribution in [0.4, 0.5) is 31.5 Å². The first kappa shape index (κ1) is 30.0. The molecule has 222 valence electrons. The molecule has 2 unspecified atom stereocenters. The Hall–Kier alpha value is -3.50. The Kier molecular flexibility index (Phi) is 8.57. The lowest BCUT2D eigenvalue weighted by atomic mass is 9.86. The van der Waals surface area contributed by atoms with E-state index in [9.17, 15) is 20.2 Å². The Bertz CT molecular complexity index is 1440. The van der Waals surface area contributed by atoms with Crippen molar-refractivity contribution in [3.8, 4) is 0 Å². The SMILES string of the molecule is CC(C)C1CCN(c2c(F)cc(N3C(c4ccc(Cl)c([N+](=O)[O-])c4)CCC3c3ccc(Cl)c([N+](=O)[O-])c3)cc2F)CC1. The van der Waals surface area contributed by atoms with Crippen molar-refractivity contribution in [1.29, 1.82) is 0 Å². The average molecular weight is 619 g/mol. The molecule has 0 spiro atoms. The third kappa shape index (κ3) is 5.74. The lowest BCUT2D eigenvalue weighted by Gasteiger charge is -2.37. The van der Waals surface area contributed by atoms with Crippen LogP contribution >= 0.6 is 23.2 Å². The van der Waals surface area contributed by atoms with Crippen molar-refractivity contribution in [1.82, 2.24) is 0 Å². The van der Waals surface area contributed by atoms with Gasteiger partial charge in [0, 0.05) is 30.9 Å². The second kappa shape index (κ2) is 12.0. The fourth-order valence-electron chi connectivity index (χ4n) is 6.37. The molecular formula is C30H30Cl2F2N4O4. The van der Waals surface area contributed by atoms with E-state index in [1.165, 1.54) is 36.4 Å². The van der Waals surface area contributed by atoms with Gasteiger partial charge in [-0.05, 0) is 72.9 Å². The van der Waals surface area contributed by atoms with Gasteiger partial charge in [-0.3, -0.25) is 20.2 Å². The molecule has 2 heterocycles. The predicted octanol–water partition coefficient (Wildman–Crippen LogP) is 9.04. The lowest BCUT2D eigenvalue weighted by Crippen LogP contribution is -2.36. The molecule has 12 heteroatoms. The number of halogens is 4. The van der Waals surface area contributed by atoms with Gasteiger partial charge in [-0.1, -0.05) is 49.2 Å². The fourth-order valence-corrected chi connectivity index (χ4v) is 6.75. The summed E-state index contributed by atoms with van der Waals surface area (Å²) in [6.07, 6.45) is 2.62. The van der Waals surface area contributed by atoms with Gasteiger partial charge in [0.25, 0.3) is 11.4 Å². The minimum atomic E-state index is -0.707. The van der Waals surface area contributed by atoms with Gasteiger partial charge in [-0.15, -0.1) is 0 Å². The monoisotopic (exact) mass is 618 g/mol. The molecule has 0 radical (unpaired) electrons. The molecule has 0 saturated carbocycles. The third-order valence-corrected chi connectivity index (χ3v) is 9.23. The van der Waals surface area contributed by atoms with Gasteiger partial charge in [0.2, 0.25) is 0 Å². The highest BCUT2D eigenvalue weighted by Gasteiger charge is 2.38. The molecule has 2 aliphatic heterocycles. The molecule has 42 heavy (non-hydrogen) atoms. The zero-order valence-electron chi connectivity index (χ0n) is 23.1. The van der Waals surface area contributed by atoms with Crippen LogP contribution in [0.3, 0.4) is 0 Å². The molecule has 0 N–H and O–H groups in total. The van der Waals surface area contributed by atoms with Crippen molar-refractivity contribution < 1.29 is 18.6 Å². The lowest BCUT2D eigenvalue weighted by molar-refractivity contribution is -0.384. The Morgan fingerprint density at radius 3 is 1.64 bits per heavy atom. The van der Waals surface area contributed by atoms with E-state index in [2.05, 4.69) is 13.8 Å². The van der Waals surface area contributed by atoms with Gasteiger partial charge >= 0.3 is 0 Å². The summed E-state index contributed by atoms with van der Waals surface area (Å²) in [5, 5.41) is 23.2. The summed E-state index contributed by atoms with van der Waals surface area (Å²) < 4.78 is 31.6. The minimum Gasteiger partial charge on any atom is -0.367 e. The van der Waals surface area contributed by atoms with E-state index >= 15 is 8.78 Å². The van der Waals surface area contributed by atoms with E-state index in [4.69, 9.17) is 23.2 Å². The molecule has 0 aliphatic carbocycles. The number of nitro benzene ring substituents is 2. The van der Waals surface area contributed by atoms with Crippen molar-refractivity contribution in [3.05, 3.63) is 102 Å². The summed E-state index contributed by atoms with van der Waals surface area (Å²) in [6.45, 7) is 5.41. The number of nitrogens with zero attached hydrogens (tertiary/aromatic N) is 4. The number of anilines is 2. The number of hydrogen-bond donors (Lipinski definition) is 0. The van der Waals surface area contributed by atoms with Crippen LogP contribution in [0, 0.1) is 43.7 Å². The molecule has 0 bridgehead atoms. The normalized spacial score (nSPS) is 19.5. The van der Waals surface area contributed by atoms with Gasteiger partial charge in [0.15, 0.2) is 11.6 Å². The Labute approximate surface area is 252 Å². The van der Waals surface area contributed by atoms with Crippen molar-refractivity contribution in [2.75, 3.05) is 22.9 Å². The minimum absolute atomic E-state index is 0.0270. The van der Waals surface area contributed by atoms with E-state index in [1.807, 2.05) is 0 Å². The first-order valence-electron chi connectivity index (χ1n) is 13.9.